The van der Waals surface area contributed by atoms with Gasteiger partial charge in [0.15, 0.2) is 0 Å². The predicted octanol–water partition coefficient (Wildman–Crippen LogP) is 0.543. The minimum Gasteiger partial charge on any atom is -0.480 e. The van der Waals surface area contributed by atoms with E-state index in [-0.39, 0.29) is 5.91 Å². The fraction of sp³-hybridized carbons (Fsp3) is 0.385. The van der Waals surface area contributed by atoms with E-state index in [4.69, 9.17) is 10.8 Å². The molecule has 1 fully saturated rings. The van der Waals surface area contributed by atoms with Gasteiger partial charge in [0.25, 0.3) is 0 Å². The Labute approximate surface area is 115 Å². The lowest BCUT2D eigenvalue weighted by Crippen LogP contribution is -2.49. The van der Waals surface area contributed by atoms with Gasteiger partial charge in [-0.15, -0.1) is 11.8 Å². The molecule has 1 heterocycles. The van der Waals surface area contributed by atoms with Crippen LogP contribution >= 0.6 is 11.8 Å². The van der Waals surface area contributed by atoms with E-state index < -0.39 is 18.1 Å². The number of rotatable bonds is 4. The first kappa shape index (κ1) is 13.9. The fourth-order valence-corrected chi connectivity index (χ4v) is 3.19. The Morgan fingerprint density at radius 2 is 2.11 bits per heavy atom. The molecular formula is C13H16N2O3S. The molecule has 0 aromatic heterocycles. The van der Waals surface area contributed by atoms with Crippen LogP contribution in [-0.2, 0) is 16.0 Å². The third-order valence-corrected chi connectivity index (χ3v) is 4.08. The Kier molecular flexibility index (Phi) is 4.44. The van der Waals surface area contributed by atoms with Crippen molar-refractivity contribution in [2.45, 2.75) is 18.5 Å². The van der Waals surface area contributed by atoms with Crippen LogP contribution in [0.3, 0.4) is 0 Å². The van der Waals surface area contributed by atoms with Crippen molar-refractivity contribution in [1.82, 2.24) is 4.90 Å². The molecule has 1 aliphatic heterocycles. The monoisotopic (exact) mass is 280 g/mol. The summed E-state index contributed by atoms with van der Waals surface area (Å²) in [6.45, 7) is 0. The molecule has 0 radical (unpaired) electrons. The smallest absolute Gasteiger partial charge is 0.327 e. The van der Waals surface area contributed by atoms with Crippen molar-refractivity contribution in [3.8, 4) is 0 Å². The second-order valence-electron chi connectivity index (χ2n) is 4.46. The van der Waals surface area contributed by atoms with Crippen LogP contribution in [0.1, 0.15) is 5.56 Å². The molecule has 0 aliphatic carbocycles. The van der Waals surface area contributed by atoms with Crippen molar-refractivity contribution >= 4 is 23.6 Å². The molecule has 6 heteroatoms. The molecule has 102 valence electrons. The summed E-state index contributed by atoms with van der Waals surface area (Å²) in [5, 5.41) is 9.06. The molecule has 3 N–H and O–H groups in total. The van der Waals surface area contributed by atoms with Crippen molar-refractivity contribution in [3.63, 3.8) is 0 Å². The SMILES string of the molecule is NC(Cc1ccccc1)C(=O)N1CSC[C@H]1C(=O)O. The quantitative estimate of drug-likeness (QED) is 0.841. The Bertz CT molecular complexity index is 466. The zero-order valence-electron chi connectivity index (χ0n) is 10.4. The molecule has 0 saturated carbocycles. The molecule has 1 unspecified atom stereocenters. The van der Waals surface area contributed by atoms with Gasteiger partial charge >= 0.3 is 5.97 Å². The highest BCUT2D eigenvalue weighted by atomic mass is 32.2. The van der Waals surface area contributed by atoms with E-state index >= 15 is 0 Å². The standard InChI is InChI=1S/C13H16N2O3S/c14-10(6-9-4-2-1-3-5-9)12(16)15-8-19-7-11(15)13(17)18/h1-5,10-11H,6-8,14H2,(H,17,18)/t10?,11-/m0/s1. The molecule has 1 aromatic carbocycles. The lowest BCUT2D eigenvalue weighted by atomic mass is 10.1. The Balaban J connectivity index is 2.01. The molecular weight excluding hydrogens is 264 g/mol. The Morgan fingerprint density at radius 1 is 1.42 bits per heavy atom. The summed E-state index contributed by atoms with van der Waals surface area (Å²) in [7, 11) is 0. The highest BCUT2D eigenvalue weighted by Crippen LogP contribution is 2.22. The first-order valence-corrected chi connectivity index (χ1v) is 7.15. The number of benzene rings is 1. The van der Waals surface area contributed by atoms with Crippen molar-refractivity contribution in [1.29, 1.82) is 0 Å². The van der Waals surface area contributed by atoms with Crippen LogP contribution < -0.4 is 5.73 Å². The Morgan fingerprint density at radius 3 is 2.74 bits per heavy atom. The first-order chi connectivity index (χ1) is 9.09. The zero-order valence-corrected chi connectivity index (χ0v) is 11.2. The second kappa shape index (κ2) is 6.08. The molecule has 19 heavy (non-hydrogen) atoms. The average molecular weight is 280 g/mol. The number of nitrogens with two attached hydrogens (primary N) is 1. The summed E-state index contributed by atoms with van der Waals surface area (Å²) in [5.41, 5.74) is 6.87. The van der Waals surface area contributed by atoms with Crippen LogP contribution in [0.5, 0.6) is 0 Å². The maximum absolute atomic E-state index is 12.2. The van der Waals surface area contributed by atoms with E-state index in [1.54, 1.807) is 0 Å². The Hall–Kier alpha value is -1.53. The number of amides is 1. The van der Waals surface area contributed by atoms with Gasteiger partial charge in [0.1, 0.15) is 6.04 Å². The normalized spacial score (nSPS) is 20.3. The predicted molar refractivity (Wildman–Crippen MR) is 73.7 cm³/mol. The van der Waals surface area contributed by atoms with Gasteiger partial charge in [-0.1, -0.05) is 30.3 Å². The van der Waals surface area contributed by atoms with Gasteiger partial charge in [-0.2, -0.15) is 0 Å². The highest BCUT2D eigenvalue weighted by Gasteiger charge is 2.36. The summed E-state index contributed by atoms with van der Waals surface area (Å²) in [5.74, 6) is -0.427. The van der Waals surface area contributed by atoms with Crippen LogP contribution in [0.25, 0.3) is 0 Å². The number of hydrogen-bond acceptors (Lipinski definition) is 4. The molecule has 1 saturated heterocycles. The van der Waals surface area contributed by atoms with Gasteiger partial charge in [-0.3, -0.25) is 4.79 Å². The van der Waals surface area contributed by atoms with Crippen molar-refractivity contribution in [2.75, 3.05) is 11.6 Å². The third kappa shape index (κ3) is 3.27. The number of carbonyl (C=O) groups is 2. The van der Waals surface area contributed by atoms with Crippen LogP contribution in [-0.4, -0.2) is 45.6 Å². The maximum atomic E-state index is 12.2. The number of carboxylic acids is 1. The minimum absolute atomic E-state index is 0.291. The maximum Gasteiger partial charge on any atom is 0.327 e. The molecule has 0 bridgehead atoms. The van der Waals surface area contributed by atoms with Crippen LogP contribution in [0, 0.1) is 0 Å². The summed E-state index contributed by atoms with van der Waals surface area (Å²) < 4.78 is 0. The molecule has 1 amide bonds. The third-order valence-electron chi connectivity index (χ3n) is 3.07. The van der Waals surface area contributed by atoms with Crippen molar-refractivity contribution < 1.29 is 14.7 Å². The molecule has 5 nitrogen and oxygen atoms in total. The molecule has 2 rings (SSSR count). The molecule has 1 aliphatic rings. The first-order valence-electron chi connectivity index (χ1n) is 6.00. The van der Waals surface area contributed by atoms with E-state index in [2.05, 4.69) is 0 Å². The molecule has 0 spiro atoms. The van der Waals surface area contributed by atoms with E-state index in [1.807, 2.05) is 30.3 Å². The van der Waals surface area contributed by atoms with Crippen molar-refractivity contribution in [2.24, 2.45) is 5.73 Å². The summed E-state index contributed by atoms with van der Waals surface area (Å²) in [4.78, 5) is 24.6. The number of aliphatic carboxylic acids is 1. The molecule has 1 aromatic rings. The lowest BCUT2D eigenvalue weighted by molar-refractivity contribution is -0.148. The molecule has 2 atom stereocenters. The average Bonchev–Trinajstić information content (AvgIpc) is 2.88. The van der Waals surface area contributed by atoms with E-state index in [0.29, 0.717) is 18.1 Å². The minimum atomic E-state index is -0.967. The van der Waals surface area contributed by atoms with Crippen molar-refractivity contribution in [3.05, 3.63) is 35.9 Å². The van der Waals surface area contributed by atoms with Gasteiger partial charge in [0, 0.05) is 5.75 Å². The summed E-state index contributed by atoms with van der Waals surface area (Å²) in [6.07, 6.45) is 0.424. The lowest BCUT2D eigenvalue weighted by Gasteiger charge is -2.24. The van der Waals surface area contributed by atoms with Gasteiger partial charge in [-0.05, 0) is 12.0 Å². The van der Waals surface area contributed by atoms with Crippen LogP contribution in [0.15, 0.2) is 30.3 Å². The van der Waals surface area contributed by atoms with Gasteiger partial charge < -0.3 is 15.7 Å². The van der Waals surface area contributed by atoms with Crippen LogP contribution in [0.2, 0.25) is 0 Å². The van der Waals surface area contributed by atoms with Gasteiger partial charge in [0.2, 0.25) is 5.91 Å². The topological polar surface area (TPSA) is 83.6 Å². The second-order valence-corrected chi connectivity index (χ2v) is 5.46. The summed E-state index contributed by atoms with van der Waals surface area (Å²) >= 11 is 1.44. The number of thioether (sulfide) groups is 1. The largest absolute Gasteiger partial charge is 0.480 e. The van der Waals surface area contributed by atoms with Gasteiger partial charge in [0.05, 0.1) is 11.9 Å². The number of carboxylic acid groups (broad SMARTS) is 1. The zero-order chi connectivity index (χ0) is 13.8. The fourth-order valence-electron chi connectivity index (χ4n) is 2.03. The number of carbonyl (C=O) groups excluding carboxylic acids is 1. The van der Waals surface area contributed by atoms with Gasteiger partial charge in [-0.25, -0.2) is 4.79 Å². The van der Waals surface area contributed by atoms with E-state index in [0.717, 1.165) is 5.56 Å². The highest BCUT2D eigenvalue weighted by molar-refractivity contribution is 7.99. The van der Waals surface area contributed by atoms with E-state index in [1.165, 1.54) is 16.7 Å². The number of hydrogen-bond donors (Lipinski definition) is 2. The summed E-state index contributed by atoms with van der Waals surface area (Å²) in [6, 6.07) is 8.04. The van der Waals surface area contributed by atoms with Crippen LogP contribution in [0.4, 0.5) is 0 Å². The van der Waals surface area contributed by atoms with E-state index in [9.17, 15) is 9.59 Å². The number of nitrogens with zero attached hydrogens (tertiary/aromatic N) is 1.